The maximum absolute atomic E-state index is 12.6. The minimum Gasteiger partial charge on any atom is -0.452 e. The average Bonchev–Trinajstić information content (AvgIpc) is 2.47. The molecule has 0 aliphatic carbocycles. The van der Waals surface area contributed by atoms with Crippen molar-refractivity contribution in [2.24, 2.45) is 16.6 Å². The lowest BCUT2D eigenvalue weighted by atomic mass is 9.70. The summed E-state index contributed by atoms with van der Waals surface area (Å²) in [4.78, 5) is 35.9. The number of esters is 1. The number of primary amides is 1. The first kappa shape index (κ1) is 21.4. The summed E-state index contributed by atoms with van der Waals surface area (Å²) in [6.45, 7) is 8.38. The zero-order valence-corrected chi connectivity index (χ0v) is 16.1. The molecule has 1 amide bonds. The zero-order chi connectivity index (χ0) is 19.1. The average molecular weight is 351 g/mol. The fourth-order valence-electron chi connectivity index (χ4n) is 3.59. The molecule has 0 saturated heterocycles. The van der Waals surface area contributed by atoms with Gasteiger partial charge in [-0.1, -0.05) is 39.8 Å². The monoisotopic (exact) mass is 351 g/mol. The van der Waals surface area contributed by atoms with E-state index >= 15 is 0 Å². The molecule has 0 aromatic rings. The Morgan fingerprint density at radius 2 is 1.80 bits per heavy atom. The Bertz CT molecular complexity index is 520. The van der Waals surface area contributed by atoms with Crippen molar-refractivity contribution in [1.82, 2.24) is 0 Å². The van der Waals surface area contributed by atoms with Gasteiger partial charge in [-0.3, -0.25) is 14.4 Å². The summed E-state index contributed by atoms with van der Waals surface area (Å²) in [6, 6.07) is 0. The van der Waals surface area contributed by atoms with Crippen LogP contribution in [0.3, 0.4) is 0 Å². The van der Waals surface area contributed by atoms with E-state index in [4.69, 9.17) is 10.5 Å². The van der Waals surface area contributed by atoms with Crippen LogP contribution in [0, 0.1) is 10.8 Å². The van der Waals surface area contributed by atoms with Crippen molar-refractivity contribution in [3.63, 3.8) is 0 Å². The van der Waals surface area contributed by atoms with Gasteiger partial charge in [0.1, 0.15) is 5.78 Å². The lowest BCUT2D eigenvalue weighted by Crippen LogP contribution is -2.33. The van der Waals surface area contributed by atoms with Crippen molar-refractivity contribution in [3.05, 3.63) is 12.2 Å². The van der Waals surface area contributed by atoms with E-state index in [2.05, 4.69) is 13.8 Å². The van der Waals surface area contributed by atoms with E-state index in [1.54, 1.807) is 0 Å². The molecule has 5 nitrogen and oxygen atoms in total. The summed E-state index contributed by atoms with van der Waals surface area (Å²) >= 11 is 0. The van der Waals surface area contributed by atoms with Crippen LogP contribution in [-0.4, -0.2) is 23.8 Å². The predicted octanol–water partition coefficient (Wildman–Crippen LogP) is 3.70. The molecule has 2 N–H and O–H groups in total. The molecule has 1 aliphatic heterocycles. The number of Topliss-reactive ketones (excluding diaryl/α,β-unsaturated/α-hetero) is 1. The van der Waals surface area contributed by atoms with Gasteiger partial charge in [0, 0.05) is 24.7 Å². The maximum Gasteiger partial charge on any atom is 0.306 e. The van der Waals surface area contributed by atoms with Crippen molar-refractivity contribution in [3.8, 4) is 0 Å². The highest BCUT2D eigenvalue weighted by Gasteiger charge is 2.33. The highest BCUT2D eigenvalue weighted by Crippen LogP contribution is 2.38. The molecule has 0 fully saturated rings. The number of amides is 1. The summed E-state index contributed by atoms with van der Waals surface area (Å²) in [7, 11) is 0. The van der Waals surface area contributed by atoms with Gasteiger partial charge in [0.2, 0.25) is 0 Å². The van der Waals surface area contributed by atoms with Crippen LogP contribution in [-0.2, 0) is 19.1 Å². The number of cyclic esters (lactones) is 1. The fraction of sp³-hybridized carbons (Fsp3) is 0.750. The third-order valence-electron chi connectivity index (χ3n) is 4.79. The van der Waals surface area contributed by atoms with Gasteiger partial charge < -0.3 is 10.5 Å². The second-order valence-corrected chi connectivity index (χ2v) is 8.48. The molecule has 0 bridgehead atoms. The number of ether oxygens (including phenoxy) is 1. The number of rotatable bonds is 1. The molecular weight excluding hydrogens is 318 g/mol. The highest BCUT2D eigenvalue weighted by molar-refractivity contribution is 5.85. The molecule has 5 heteroatoms. The number of hydrogen-bond acceptors (Lipinski definition) is 4. The van der Waals surface area contributed by atoms with Gasteiger partial charge in [0.25, 0.3) is 5.91 Å². The van der Waals surface area contributed by atoms with Crippen LogP contribution < -0.4 is 5.73 Å². The van der Waals surface area contributed by atoms with Gasteiger partial charge in [0.05, 0.1) is 0 Å². The Balaban J connectivity index is 2.84. The van der Waals surface area contributed by atoms with E-state index < -0.39 is 23.4 Å². The fourth-order valence-corrected chi connectivity index (χ4v) is 3.59. The standard InChI is InChI=1S/C20H33NO4/c1-19(2)13-8-6-5-7-10-15(18(21)24)25-17(23)12-9-11-16(22)20(3,4)14-19/h5,7,15H,6,8-14H2,1-4H3,(H2,21,24)/b7-5+. The second kappa shape index (κ2) is 9.16. The Morgan fingerprint density at radius 1 is 1.12 bits per heavy atom. The van der Waals surface area contributed by atoms with Gasteiger partial charge in [-0.25, -0.2) is 0 Å². The zero-order valence-electron chi connectivity index (χ0n) is 16.1. The summed E-state index contributed by atoms with van der Waals surface area (Å²) in [6.07, 6.45) is 7.89. The number of carbonyl (C=O) groups excluding carboxylic acids is 3. The summed E-state index contributed by atoms with van der Waals surface area (Å²) in [5.74, 6) is -0.945. The van der Waals surface area contributed by atoms with Crippen LogP contribution in [0.25, 0.3) is 0 Å². The van der Waals surface area contributed by atoms with Crippen molar-refractivity contribution < 1.29 is 19.1 Å². The van der Waals surface area contributed by atoms with Crippen molar-refractivity contribution in [2.45, 2.75) is 85.2 Å². The molecule has 0 saturated carbocycles. The second-order valence-electron chi connectivity index (χ2n) is 8.48. The van der Waals surface area contributed by atoms with Crippen LogP contribution in [0.1, 0.15) is 79.1 Å². The predicted molar refractivity (Wildman–Crippen MR) is 97.7 cm³/mol. The first-order valence-electron chi connectivity index (χ1n) is 9.21. The molecule has 25 heavy (non-hydrogen) atoms. The molecule has 142 valence electrons. The number of carbonyl (C=O) groups is 3. The van der Waals surface area contributed by atoms with Gasteiger partial charge in [-0.05, 0) is 37.5 Å². The SMILES string of the molecule is CC1(C)CCC/C=C/CC(C(N)=O)OC(=O)CCCC(=O)C(C)(C)C1. The molecular formula is C20H33NO4. The van der Waals surface area contributed by atoms with Crippen LogP contribution in [0.2, 0.25) is 0 Å². The molecule has 0 radical (unpaired) electrons. The van der Waals surface area contributed by atoms with Gasteiger partial charge in [-0.2, -0.15) is 0 Å². The van der Waals surface area contributed by atoms with Gasteiger partial charge in [-0.15, -0.1) is 0 Å². The molecule has 1 unspecified atom stereocenters. The van der Waals surface area contributed by atoms with Crippen LogP contribution in [0.5, 0.6) is 0 Å². The van der Waals surface area contributed by atoms with E-state index in [1.165, 1.54) is 0 Å². The Labute approximate surface area is 151 Å². The molecule has 0 aromatic heterocycles. The minimum atomic E-state index is -0.930. The minimum absolute atomic E-state index is 0.0821. The number of allylic oxidation sites excluding steroid dienone is 1. The summed E-state index contributed by atoms with van der Waals surface area (Å²) in [5.41, 5.74) is 4.98. The lowest BCUT2D eigenvalue weighted by Gasteiger charge is -2.34. The Hall–Kier alpha value is -1.65. The van der Waals surface area contributed by atoms with Gasteiger partial charge in [0.15, 0.2) is 6.10 Å². The van der Waals surface area contributed by atoms with E-state index in [9.17, 15) is 14.4 Å². The van der Waals surface area contributed by atoms with Crippen molar-refractivity contribution in [1.29, 1.82) is 0 Å². The molecule has 1 heterocycles. The van der Waals surface area contributed by atoms with Crippen LogP contribution in [0.15, 0.2) is 12.2 Å². The number of ketones is 1. The molecule has 0 aromatic carbocycles. The lowest BCUT2D eigenvalue weighted by molar-refractivity contribution is -0.154. The third-order valence-corrected chi connectivity index (χ3v) is 4.79. The molecule has 1 aliphatic rings. The number of nitrogens with two attached hydrogens (primary N) is 1. The third kappa shape index (κ3) is 7.84. The molecule has 1 atom stereocenters. The van der Waals surface area contributed by atoms with Gasteiger partial charge >= 0.3 is 5.97 Å². The van der Waals surface area contributed by atoms with Crippen molar-refractivity contribution in [2.75, 3.05) is 0 Å². The first-order valence-corrected chi connectivity index (χ1v) is 9.21. The van der Waals surface area contributed by atoms with Crippen molar-refractivity contribution >= 4 is 17.7 Å². The van der Waals surface area contributed by atoms with Crippen LogP contribution in [0.4, 0.5) is 0 Å². The Morgan fingerprint density at radius 3 is 2.44 bits per heavy atom. The van der Waals surface area contributed by atoms with Crippen LogP contribution >= 0.6 is 0 Å². The Kier molecular flexibility index (Phi) is 7.84. The smallest absolute Gasteiger partial charge is 0.306 e. The van der Waals surface area contributed by atoms with E-state index in [-0.39, 0.29) is 17.6 Å². The number of hydrogen-bond donors (Lipinski definition) is 1. The highest BCUT2D eigenvalue weighted by atomic mass is 16.5. The van der Waals surface area contributed by atoms with E-state index in [0.717, 1.165) is 25.7 Å². The summed E-state index contributed by atoms with van der Waals surface area (Å²) in [5, 5.41) is 0. The maximum atomic E-state index is 12.6. The first-order chi connectivity index (χ1) is 11.5. The normalized spacial score (nSPS) is 27.3. The van der Waals surface area contributed by atoms with E-state index in [0.29, 0.717) is 19.3 Å². The molecule has 1 rings (SSSR count). The largest absolute Gasteiger partial charge is 0.452 e. The summed E-state index contributed by atoms with van der Waals surface area (Å²) < 4.78 is 5.16. The topological polar surface area (TPSA) is 86.5 Å². The van der Waals surface area contributed by atoms with E-state index in [1.807, 2.05) is 26.0 Å². The molecule has 0 spiro atoms. The quantitative estimate of drug-likeness (QED) is 0.576.